The van der Waals surface area contributed by atoms with Gasteiger partial charge in [-0.2, -0.15) is 0 Å². The van der Waals surface area contributed by atoms with E-state index in [1.165, 1.54) is 0 Å². The number of nitrogens with one attached hydrogen (secondary N) is 1. The summed E-state index contributed by atoms with van der Waals surface area (Å²) in [4.78, 5) is 13.3. The van der Waals surface area contributed by atoms with Gasteiger partial charge in [-0.05, 0) is 14.0 Å². The highest BCUT2D eigenvalue weighted by atomic mass is 15.3. The van der Waals surface area contributed by atoms with E-state index in [0.717, 1.165) is 31.9 Å². The number of aromatic nitrogens is 2. The average molecular weight is 236 g/mol. The van der Waals surface area contributed by atoms with Crippen LogP contribution in [0, 0.1) is 0 Å². The zero-order valence-electron chi connectivity index (χ0n) is 10.4. The summed E-state index contributed by atoms with van der Waals surface area (Å²) in [6.07, 6.45) is 3.44. The molecule has 0 spiro atoms. The van der Waals surface area contributed by atoms with E-state index in [2.05, 4.69) is 39.2 Å². The quantitative estimate of drug-likeness (QED) is 0.564. The van der Waals surface area contributed by atoms with Crippen LogP contribution in [-0.4, -0.2) is 52.5 Å². The van der Waals surface area contributed by atoms with Gasteiger partial charge in [0.15, 0.2) is 5.82 Å². The standard InChI is InChI=1S/C11H20N6/c1-9-7-16(2)3-4-17(9)8-10-5-14-11(15-12)6-13-10/h5-6,9H,3-4,7-8,12H2,1-2H3,(H,14,15). The first-order valence-electron chi connectivity index (χ1n) is 5.89. The highest BCUT2D eigenvalue weighted by molar-refractivity contribution is 5.28. The molecule has 0 aliphatic carbocycles. The fourth-order valence-electron chi connectivity index (χ4n) is 2.13. The van der Waals surface area contributed by atoms with Crippen molar-refractivity contribution in [3.05, 3.63) is 18.1 Å². The number of hydrazine groups is 1. The molecule has 1 aliphatic rings. The van der Waals surface area contributed by atoms with Gasteiger partial charge in [0.2, 0.25) is 0 Å². The van der Waals surface area contributed by atoms with Crippen LogP contribution in [0.4, 0.5) is 5.82 Å². The minimum absolute atomic E-state index is 0.558. The van der Waals surface area contributed by atoms with E-state index in [9.17, 15) is 0 Å². The first-order chi connectivity index (χ1) is 8.19. The van der Waals surface area contributed by atoms with Crippen molar-refractivity contribution >= 4 is 5.82 Å². The maximum absolute atomic E-state index is 5.25. The molecule has 0 aromatic carbocycles. The Morgan fingerprint density at radius 2 is 2.24 bits per heavy atom. The van der Waals surface area contributed by atoms with Gasteiger partial charge in [-0.1, -0.05) is 0 Å². The second-order valence-electron chi connectivity index (χ2n) is 4.62. The van der Waals surface area contributed by atoms with Crippen LogP contribution in [0.5, 0.6) is 0 Å². The van der Waals surface area contributed by atoms with Crippen LogP contribution in [0.3, 0.4) is 0 Å². The summed E-state index contributed by atoms with van der Waals surface area (Å²) in [6, 6.07) is 0.558. The molecule has 0 amide bonds. The van der Waals surface area contributed by atoms with Gasteiger partial charge < -0.3 is 10.3 Å². The molecule has 0 bridgehead atoms. The van der Waals surface area contributed by atoms with Crippen LogP contribution < -0.4 is 11.3 Å². The molecule has 1 atom stereocenters. The van der Waals surface area contributed by atoms with E-state index in [1.54, 1.807) is 12.4 Å². The normalized spacial score (nSPS) is 22.6. The molecule has 17 heavy (non-hydrogen) atoms. The SMILES string of the molecule is CC1CN(C)CCN1Cc1cnc(NN)cn1. The molecule has 1 aliphatic heterocycles. The minimum atomic E-state index is 0.558. The zero-order chi connectivity index (χ0) is 12.3. The fraction of sp³-hybridized carbons (Fsp3) is 0.636. The molecule has 1 aromatic rings. The maximum Gasteiger partial charge on any atom is 0.158 e. The van der Waals surface area contributed by atoms with Crippen molar-refractivity contribution in [2.45, 2.75) is 19.5 Å². The van der Waals surface area contributed by atoms with Gasteiger partial charge >= 0.3 is 0 Å². The summed E-state index contributed by atoms with van der Waals surface area (Å²) in [6.45, 7) is 6.40. The average Bonchev–Trinajstić information content (AvgIpc) is 2.34. The number of anilines is 1. The predicted octanol–water partition coefficient (Wildman–Crippen LogP) is -0.102. The second kappa shape index (κ2) is 5.39. The Labute approximate surface area is 102 Å². The molecule has 6 heteroatoms. The van der Waals surface area contributed by atoms with Crippen LogP contribution in [0.15, 0.2) is 12.4 Å². The minimum Gasteiger partial charge on any atom is -0.307 e. The summed E-state index contributed by atoms with van der Waals surface area (Å²) in [7, 11) is 2.16. The first-order valence-corrected chi connectivity index (χ1v) is 5.89. The lowest BCUT2D eigenvalue weighted by molar-refractivity contribution is 0.0926. The summed E-state index contributed by atoms with van der Waals surface area (Å²) in [5, 5.41) is 0. The molecule has 1 aromatic heterocycles. The van der Waals surface area contributed by atoms with Gasteiger partial charge in [-0.3, -0.25) is 9.88 Å². The Kier molecular flexibility index (Phi) is 3.88. The summed E-state index contributed by atoms with van der Waals surface area (Å²) in [5.74, 6) is 5.85. The molecule has 1 fully saturated rings. The van der Waals surface area contributed by atoms with Crippen molar-refractivity contribution in [2.75, 3.05) is 32.1 Å². The topological polar surface area (TPSA) is 70.3 Å². The van der Waals surface area contributed by atoms with Gasteiger partial charge in [0.05, 0.1) is 18.1 Å². The molecule has 0 saturated carbocycles. The molecule has 0 radical (unpaired) electrons. The number of likely N-dealkylation sites (N-methyl/N-ethyl adjacent to an activating group) is 1. The molecule has 94 valence electrons. The molecule has 3 N–H and O–H groups in total. The smallest absolute Gasteiger partial charge is 0.158 e. The highest BCUT2D eigenvalue weighted by Crippen LogP contribution is 2.11. The van der Waals surface area contributed by atoms with E-state index in [4.69, 9.17) is 5.84 Å². The third-order valence-electron chi connectivity index (χ3n) is 3.19. The number of rotatable bonds is 3. The molecular formula is C11H20N6. The van der Waals surface area contributed by atoms with Crippen LogP contribution in [0.1, 0.15) is 12.6 Å². The Hall–Kier alpha value is -1.24. The summed E-state index contributed by atoms with van der Waals surface area (Å²) < 4.78 is 0. The molecular weight excluding hydrogens is 216 g/mol. The molecule has 2 heterocycles. The van der Waals surface area contributed by atoms with Crippen molar-refractivity contribution in [3.63, 3.8) is 0 Å². The Morgan fingerprint density at radius 3 is 2.82 bits per heavy atom. The van der Waals surface area contributed by atoms with Gasteiger partial charge in [-0.15, -0.1) is 0 Å². The second-order valence-corrected chi connectivity index (χ2v) is 4.62. The van der Waals surface area contributed by atoms with E-state index >= 15 is 0 Å². The molecule has 2 rings (SSSR count). The Morgan fingerprint density at radius 1 is 1.41 bits per heavy atom. The third kappa shape index (κ3) is 3.12. The van der Waals surface area contributed by atoms with Gasteiger partial charge in [0.25, 0.3) is 0 Å². The summed E-state index contributed by atoms with van der Waals surface area (Å²) >= 11 is 0. The molecule has 6 nitrogen and oxygen atoms in total. The van der Waals surface area contributed by atoms with Crippen molar-refractivity contribution in [1.82, 2.24) is 19.8 Å². The van der Waals surface area contributed by atoms with Crippen LogP contribution >= 0.6 is 0 Å². The largest absolute Gasteiger partial charge is 0.307 e. The van der Waals surface area contributed by atoms with E-state index in [-0.39, 0.29) is 0 Å². The van der Waals surface area contributed by atoms with Crippen LogP contribution in [-0.2, 0) is 6.54 Å². The van der Waals surface area contributed by atoms with E-state index in [0.29, 0.717) is 11.9 Å². The maximum atomic E-state index is 5.25. The summed E-state index contributed by atoms with van der Waals surface area (Å²) in [5.41, 5.74) is 3.46. The monoisotopic (exact) mass is 236 g/mol. The predicted molar refractivity (Wildman–Crippen MR) is 67.2 cm³/mol. The Balaban J connectivity index is 1.95. The van der Waals surface area contributed by atoms with Crippen molar-refractivity contribution in [2.24, 2.45) is 5.84 Å². The number of hydrogen-bond acceptors (Lipinski definition) is 6. The van der Waals surface area contributed by atoms with Crippen LogP contribution in [0.25, 0.3) is 0 Å². The van der Waals surface area contributed by atoms with Crippen molar-refractivity contribution < 1.29 is 0 Å². The van der Waals surface area contributed by atoms with E-state index < -0.39 is 0 Å². The molecule has 1 saturated heterocycles. The van der Waals surface area contributed by atoms with Crippen molar-refractivity contribution in [1.29, 1.82) is 0 Å². The lowest BCUT2D eigenvalue weighted by Crippen LogP contribution is -2.49. The number of hydrogen-bond donors (Lipinski definition) is 2. The fourth-order valence-corrected chi connectivity index (χ4v) is 2.13. The Bertz CT molecular complexity index is 351. The third-order valence-corrected chi connectivity index (χ3v) is 3.19. The van der Waals surface area contributed by atoms with E-state index in [1.807, 2.05) is 0 Å². The number of piperazine rings is 1. The number of nitrogens with zero attached hydrogens (tertiary/aromatic N) is 4. The zero-order valence-corrected chi connectivity index (χ0v) is 10.4. The highest BCUT2D eigenvalue weighted by Gasteiger charge is 2.21. The van der Waals surface area contributed by atoms with Gasteiger partial charge in [-0.25, -0.2) is 10.8 Å². The van der Waals surface area contributed by atoms with Gasteiger partial charge in [0, 0.05) is 32.2 Å². The lowest BCUT2D eigenvalue weighted by atomic mass is 10.2. The first kappa shape index (κ1) is 12.2. The molecule has 1 unspecified atom stereocenters. The van der Waals surface area contributed by atoms with Gasteiger partial charge in [0.1, 0.15) is 0 Å². The number of nitrogens with two attached hydrogens (primary N) is 1. The lowest BCUT2D eigenvalue weighted by Gasteiger charge is -2.37. The van der Waals surface area contributed by atoms with Crippen molar-refractivity contribution in [3.8, 4) is 0 Å². The number of nitrogen functional groups attached to an aromatic ring is 1. The van der Waals surface area contributed by atoms with Crippen LogP contribution in [0.2, 0.25) is 0 Å².